The van der Waals surface area contributed by atoms with Crippen LogP contribution in [-0.4, -0.2) is 48.7 Å². The van der Waals surface area contributed by atoms with Crippen LogP contribution in [0, 0.1) is 6.92 Å². The van der Waals surface area contributed by atoms with Gasteiger partial charge in [-0.25, -0.2) is 9.97 Å². The summed E-state index contributed by atoms with van der Waals surface area (Å²) in [6.07, 6.45) is 1.17. The van der Waals surface area contributed by atoms with Crippen LogP contribution in [0.15, 0.2) is 11.1 Å². The number of H-pyrrole nitrogens is 1. The van der Waals surface area contributed by atoms with Crippen molar-refractivity contribution in [1.82, 2.24) is 19.5 Å². The molecule has 0 aromatic carbocycles. The molecule has 0 unspecified atom stereocenters. The Morgan fingerprint density at radius 1 is 1.45 bits per heavy atom. The van der Waals surface area contributed by atoms with Crippen LogP contribution in [0.4, 0.5) is 0 Å². The summed E-state index contributed by atoms with van der Waals surface area (Å²) in [6.45, 7) is 2.30. The van der Waals surface area contributed by atoms with Gasteiger partial charge in [-0.05, 0) is 6.92 Å². The highest BCUT2D eigenvalue weighted by Crippen LogP contribution is 2.33. The summed E-state index contributed by atoms with van der Waals surface area (Å²) in [7, 11) is -4.02. The molecule has 0 radical (unpaired) electrons. The van der Waals surface area contributed by atoms with Crippen LogP contribution >= 0.6 is 7.60 Å². The zero-order valence-corrected chi connectivity index (χ0v) is 11.7. The molecule has 2 aromatic rings. The summed E-state index contributed by atoms with van der Waals surface area (Å²) < 4.78 is 17.4. The second-order valence-corrected chi connectivity index (χ2v) is 6.04. The van der Waals surface area contributed by atoms with Gasteiger partial charge in [-0.3, -0.25) is 9.36 Å². The highest BCUT2D eigenvalue weighted by Gasteiger charge is 2.12. The van der Waals surface area contributed by atoms with Crippen LogP contribution in [-0.2, 0) is 15.8 Å². The first-order valence-electron chi connectivity index (χ1n) is 5.91. The van der Waals surface area contributed by atoms with Crippen molar-refractivity contribution in [2.45, 2.75) is 13.5 Å². The molecule has 0 amide bonds. The minimum absolute atomic E-state index is 0.0239. The molecular formula is C10H15N4O5P. The van der Waals surface area contributed by atoms with Crippen molar-refractivity contribution in [3.63, 3.8) is 0 Å². The van der Waals surface area contributed by atoms with E-state index in [1.807, 2.05) is 0 Å². The molecule has 0 aliphatic heterocycles. The minimum Gasteiger partial charge on any atom is -0.379 e. The van der Waals surface area contributed by atoms with Crippen molar-refractivity contribution in [1.29, 1.82) is 0 Å². The van der Waals surface area contributed by atoms with Crippen LogP contribution in [0.3, 0.4) is 0 Å². The molecule has 2 rings (SSSR count). The van der Waals surface area contributed by atoms with E-state index in [1.165, 1.54) is 6.33 Å². The van der Waals surface area contributed by atoms with E-state index in [1.54, 1.807) is 11.5 Å². The Kier molecular flexibility index (Phi) is 4.34. The number of rotatable bonds is 6. The number of hydrogen-bond donors (Lipinski definition) is 3. The summed E-state index contributed by atoms with van der Waals surface area (Å²) in [5, 5.41) is 0. The van der Waals surface area contributed by atoms with E-state index in [0.29, 0.717) is 18.0 Å². The summed E-state index contributed by atoms with van der Waals surface area (Å²) in [5.74, 6) is 0.492. The Hall–Kier alpha value is -1.54. The van der Waals surface area contributed by atoms with E-state index in [4.69, 9.17) is 14.5 Å². The standard InChI is InChI=1S/C10H15N4O5P/c1-7-12-9-8(10(15)13-7)11-6-14(9)2-3-19-4-5-20(16,17)18/h6H,2-5H2,1H3,(H,12,13,15)(H2,16,17,18). The van der Waals surface area contributed by atoms with Crippen molar-refractivity contribution < 1.29 is 19.1 Å². The van der Waals surface area contributed by atoms with E-state index in [0.717, 1.165) is 0 Å². The van der Waals surface area contributed by atoms with E-state index < -0.39 is 7.60 Å². The Labute approximate surface area is 113 Å². The first-order chi connectivity index (χ1) is 9.37. The van der Waals surface area contributed by atoms with Crippen molar-refractivity contribution in [2.24, 2.45) is 0 Å². The van der Waals surface area contributed by atoms with E-state index in [9.17, 15) is 9.36 Å². The quantitative estimate of drug-likeness (QED) is 0.490. The lowest BCUT2D eigenvalue weighted by atomic mass is 10.5. The maximum absolute atomic E-state index is 11.6. The molecule has 0 bridgehead atoms. The van der Waals surface area contributed by atoms with Crippen molar-refractivity contribution in [2.75, 3.05) is 19.4 Å². The van der Waals surface area contributed by atoms with Crippen LogP contribution in [0.1, 0.15) is 5.82 Å². The summed E-state index contributed by atoms with van der Waals surface area (Å²) >= 11 is 0. The van der Waals surface area contributed by atoms with Gasteiger partial charge in [-0.15, -0.1) is 0 Å². The Morgan fingerprint density at radius 3 is 2.90 bits per heavy atom. The van der Waals surface area contributed by atoms with Gasteiger partial charge in [-0.1, -0.05) is 0 Å². The molecule has 3 N–H and O–H groups in total. The van der Waals surface area contributed by atoms with Gasteiger partial charge in [0.1, 0.15) is 5.82 Å². The molecular weight excluding hydrogens is 287 g/mol. The first-order valence-corrected chi connectivity index (χ1v) is 7.70. The second-order valence-electron chi connectivity index (χ2n) is 4.26. The molecule has 0 spiro atoms. The smallest absolute Gasteiger partial charge is 0.327 e. The molecule has 0 saturated heterocycles. The molecule has 0 aliphatic rings. The number of aryl methyl sites for hydroxylation is 1. The third kappa shape index (κ3) is 3.73. The normalized spacial score (nSPS) is 12.2. The highest BCUT2D eigenvalue weighted by atomic mass is 31.2. The topological polar surface area (TPSA) is 130 Å². The Morgan fingerprint density at radius 2 is 2.20 bits per heavy atom. The van der Waals surface area contributed by atoms with Gasteiger partial charge < -0.3 is 24.1 Å². The molecule has 9 nitrogen and oxygen atoms in total. The van der Waals surface area contributed by atoms with Crippen LogP contribution < -0.4 is 5.56 Å². The zero-order chi connectivity index (χ0) is 14.8. The summed E-state index contributed by atoms with van der Waals surface area (Å²) in [6, 6.07) is 0. The van der Waals surface area contributed by atoms with Gasteiger partial charge in [0.05, 0.1) is 25.7 Å². The third-order valence-electron chi connectivity index (χ3n) is 2.60. The number of nitrogens with one attached hydrogen (secondary N) is 1. The van der Waals surface area contributed by atoms with Crippen LogP contribution in [0.2, 0.25) is 0 Å². The monoisotopic (exact) mass is 302 g/mol. The van der Waals surface area contributed by atoms with Crippen molar-refractivity contribution in [3.8, 4) is 0 Å². The summed E-state index contributed by atoms with van der Waals surface area (Å²) in [4.78, 5) is 39.7. The number of imidazole rings is 1. The molecule has 110 valence electrons. The molecule has 0 atom stereocenters. The lowest BCUT2D eigenvalue weighted by Crippen LogP contribution is -2.12. The number of fused-ring (bicyclic) bond motifs is 1. The number of aromatic nitrogens is 4. The number of hydrogen-bond acceptors (Lipinski definition) is 5. The number of nitrogens with zero attached hydrogens (tertiary/aromatic N) is 3. The highest BCUT2D eigenvalue weighted by molar-refractivity contribution is 7.51. The van der Waals surface area contributed by atoms with Crippen LogP contribution in [0.5, 0.6) is 0 Å². The van der Waals surface area contributed by atoms with Gasteiger partial charge in [0.15, 0.2) is 11.2 Å². The van der Waals surface area contributed by atoms with Gasteiger partial charge >= 0.3 is 7.60 Å². The Balaban J connectivity index is 1.97. The average Bonchev–Trinajstić information content (AvgIpc) is 2.70. The lowest BCUT2D eigenvalue weighted by Gasteiger charge is -2.06. The minimum atomic E-state index is -4.02. The summed E-state index contributed by atoms with van der Waals surface area (Å²) in [5.41, 5.74) is 0.421. The van der Waals surface area contributed by atoms with Gasteiger partial charge in [-0.2, -0.15) is 0 Å². The average molecular weight is 302 g/mol. The van der Waals surface area contributed by atoms with E-state index in [2.05, 4.69) is 15.0 Å². The molecule has 0 saturated carbocycles. The molecule has 10 heteroatoms. The van der Waals surface area contributed by atoms with Crippen molar-refractivity contribution in [3.05, 3.63) is 22.5 Å². The number of ether oxygens (including phenoxy) is 1. The van der Waals surface area contributed by atoms with E-state index in [-0.39, 0.29) is 30.5 Å². The van der Waals surface area contributed by atoms with Crippen LogP contribution in [0.25, 0.3) is 11.2 Å². The largest absolute Gasteiger partial charge is 0.379 e. The van der Waals surface area contributed by atoms with Gasteiger partial charge in [0.25, 0.3) is 5.56 Å². The SMILES string of the molecule is Cc1nc2c(ncn2CCOCCP(=O)(O)O)c(=O)[nH]1. The third-order valence-corrected chi connectivity index (χ3v) is 3.36. The second kappa shape index (κ2) is 5.84. The van der Waals surface area contributed by atoms with Gasteiger partial charge in [0, 0.05) is 6.54 Å². The predicted octanol–water partition coefficient (Wildman–Crippen LogP) is -0.378. The maximum Gasteiger partial charge on any atom is 0.327 e. The molecule has 0 aliphatic carbocycles. The first kappa shape index (κ1) is 14.9. The maximum atomic E-state index is 11.6. The fourth-order valence-corrected chi connectivity index (χ4v) is 2.04. The molecule has 2 heterocycles. The predicted molar refractivity (Wildman–Crippen MR) is 70.6 cm³/mol. The molecule has 0 fully saturated rings. The fraction of sp³-hybridized carbons (Fsp3) is 0.500. The molecule has 20 heavy (non-hydrogen) atoms. The van der Waals surface area contributed by atoms with Crippen molar-refractivity contribution >= 4 is 18.8 Å². The van der Waals surface area contributed by atoms with Gasteiger partial charge in [0.2, 0.25) is 0 Å². The lowest BCUT2D eigenvalue weighted by molar-refractivity contribution is 0.137. The Bertz CT molecular complexity index is 703. The van der Waals surface area contributed by atoms with E-state index >= 15 is 0 Å². The fourth-order valence-electron chi connectivity index (χ4n) is 1.68. The molecule has 2 aromatic heterocycles. The number of aromatic amines is 1. The zero-order valence-electron chi connectivity index (χ0n) is 10.8.